The average Bonchev–Trinajstić information content (AvgIpc) is 3.28. The van der Waals surface area contributed by atoms with Crippen molar-refractivity contribution in [1.29, 1.82) is 0 Å². The van der Waals surface area contributed by atoms with Crippen molar-refractivity contribution in [2.75, 3.05) is 5.32 Å². The number of amides is 1. The molecule has 4 N–H and O–H groups in total. The molecule has 9 heteroatoms. The number of carboxylic acids is 1. The first-order chi connectivity index (χ1) is 19.7. The van der Waals surface area contributed by atoms with E-state index in [1.165, 1.54) is 12.1 Å². The third-order valence-electron chi connectivity index (χ3n) is 6.93. The normalized spacial score (nSPS) is 12.4. The number of halogens is 1. The number of nitrogens with one attached hydrogen (secondary N) is 1. The molecule has 215 valence electrons. The molecular formula is C33H35FN2NaO5. The Morgan fingerprint density at radius 3 is 2.02 bits per heavy atom. The fraction of sp³-hybridized carbons (Fsp3) is 0.273. The molecule has 0 unspecified atom stereocenters. The van der Waals surface area contributed by atoms with E-state index >= 15 is 0 Å². The van der Waals surface area contributed by atoms with Gasteiger partial charge in [-0.2, -0.15) is 0 Å². The van der Waals surface area contributed by atoms with Gasteiger partial charge in [-0.3, -0.25) is 9.59 Å². The molecule has 4 rings (SSSR count). The Labute approximate surface area is 267 Å². The van der Waals surface area contributed by atoms with Gasteiger partial charge in [-0.15, -0.1) is 0 Å². The predicted molar refractivity (Wildman–Crippen MR) is 163 cm³/mol. The summed E-state index contributed by atoms with van der Waals surface area (Å²) in [5.41, 5.74) is 4.77. The molecule has 0 aliphatic carbocycles. The molecule has 1 heterocycles. The average molecular weight is 582 g/mol. The zero-order chi connectivity index (χ0) is 29.5. The number of hydrogen-bond donors (Lipinski definition) is 4. The molecule has 1 radical (unpaired) electrons. The smallest absolute Gasteiger partial charge is 0.305 e. The van der Waals surface area contributed by atoms with Crippen molar-refractivity contribution in [3.63, 3.8) is 0 Å². The Balaban J connectivity index is 0.00000484. The van der Waals surface area contributed by atoms with Crippen molar-refractivity contribution in [3.05, 3.63) is 102 Å². The van der Waals surface area contributed by atoms with E-state index in [0.717, 1.165) is 11.3 Å². The number of hydrogen-bond acceptors (Lipinski definition) is 4. The number of rotatable bonds is 12. The largest absolute Gasteiger partial charge is 0.481 e. The van der Waals surface area contributed by atoms with Gasteiger partial charge in [0.05, 0.1) is 29.9 Å². The van der Waals surface area contributed by atoms with E-state index in [9.17, 15) is 24.2 Å². The summed E-state index contributed by atoms with van der Waals surface area (Å²) in [6.45, 7) is 4.25. The predicted octanol–water partition coefficient (Wildman–Crippen LogP) is 5.93. The van der Waals surface area contributed by atoms with E-state index in [0.29, 0.717) is 28.1 Å². The summed E-state index contributed by atoms with van der Waals surface area (Å²) < 4.78 is 16.0. The van der Waals surface area contributed by atoms with Crippen LogP contribution in [-0.4, -0.2) is 73.5 Å². The number of nitrogens with zero attached hydrogens (tertiary/aromatic N) is 1. The molecule has 7 nitrogen and oxygen atoms in total. The summed E-state index contributed by atoms with van der Waals surface area (Å²) in [5, 5.41) is 32.8. The van der Waals surface area contributed by atoms with Crippen LogP contribution in [0.4, 0.5) is 10.1 Å². The Morgan fingerprint density at radius 1 is 0.857 bits per heavy atom. The van der Waals surface area contributed by atoms with Crippen LogP contribution in [0.15, 0.2) is 84.9 Å². The van der Waals surface area contributed by atoms with Crippen molar-refractivity contribution >= 4 is 47.1 Å². The third kappa shape index (κ3) is 8.18. The molecule has 0 saturated heterocycles. The van der Waals surface area contributed by atoms with Gasteiger partial charge in [-0.1, -0.05) is 62.4 Å². The second-order valence-corrected chi connectivity index (χ2v) is 10.4. The Morgan fingerprint density at radius 2 is 1.45 bits per heavy atom. The Bertz CT molecular complexity index is 1470. The van der Waals surface area contributed by atoms with Crippen molar-refractivity contribution in [3.8, 4) is 22.4 Å². The fourth-order valence-corrected chi connectivity index (χ4v) is 5.20. The van der Waals surface area contributed by atoms with E-state index in [1.54, 1.807) is 12.1 Å². The number of benzene rings is 3. The summed E-state index contributed by atoms with van der Waals surface area (Å²) in [7, 11) is 0. The molecule has 3 aromatic carbocycles. The molecule has 0 fully saturated rings. The van der Waals surface area contributed by atoms with Crippen molar-refractivity contribution in [1.82, 2.24) is 4.57 Å². The van der Waals surface area contributed by atoms with Crippen molar-refractivity contribution in [2.24, 2.45) is 0 Å². The van der Waals surface area contributed by atoms with Gasteiger partial charge in [0.15, 0.2) is 0 Å². The number of aromatic nitrogens is 1. The number of aliphatic hydroxyl groups is 2. The van der Waals surface area contributed by atoms with Crippen LogP contribution in [0.1, 0.15) is 55.1 Å². The molecule has 2 atom stereocenters. The molecule has 0 saturated carbocycles. The molecule has 1 amide bonds. The number of para-hydroxylation sites is 1. The maximum absolute atomic E-state index is 14.0. The number of aliphatic hydroxyl groups excluding tert-OH is 2. The van der Waals surface area contributed by atoms with Crippen LogP contribution in [-0.2, 0) is 11.3 Å². The standard InChI is InChI=1S/C33H35FN2O5.Na/c1-21(2)31-30(33(41)35-25-11-7-4-8-12-25)29(22-9-5-3-6-10-22)32(23-13-15-24(34)16-14-23)36(31)18-17-26(37)19-27(38)20-28(39)40;/h3-16,21,26-27,37-38H,17-20H2,1-2H3,(H,35,41)(H,39,40);/t26-,27-;/m1./s1. The second kappa shape index (κ2) is 15.3. The maximum Gasteiger partial charge on any atom is 0.305 e. The summed E-state index contributed by atoms with van der Waals surface area (Å²) >= 11 is 0. The van der Waals surface area contributed by atoms with Crippen LogP contribution >= 0.6 is 0 Å². The van der Waals surface area contributed by atoms with E-state index < -0.39 is 24.6 Å². The van der Waals surface area contributed by atoms with Crippen LogP contribution in [0.5, 0.6) is 0 Å². The van der Waals surface area contributed by atoms with Crippen LogP contribution in [0.2, 0.25) is 0 Å². The molecule has 4 aromatic rings. The number of carbonyl (C=O) groups excluding carboxylic acids is 1. The van der Waals surface area contributed by atoms with Crippen LogP contribution < -0.4 is 5.32 Å². The molecule has 42 heavy (non-hydrogen) atoms. The van der Waals surface area contributed by atoms with Gasteiger partial charge in [0.1, 0.15) is 5.82 Å². The Hall–Kier alpha value is -3.27. The minimum atomic E-state index is -1.18. The maximum atomic E-state index is 14.0. The fourth-order valence-electron chi connectivity index (χ4n) is 5.20. The van der Waals surface area contributed by atoms with Gasteiger partial charge in [0.2, 0.25) is 0 Å². The van der Waals surface area contributed by atoms with Crippen LogP contribution in [0.25, 0.3) is 22.4 Å². The summed E-state index contributed by atoms with van der Waals surface area (Å²) in [6, 6.07) is 24.8. The number of carboxylic acid groups (broad SMARTS) is 1. The molecule has 1 aromatic heterocycles. The SMILES string of the molecule is CC(C)c1c(C(=O)Nc2ccccc2)c(-c2ccccc2)c(-c2ccc(F)cc2)n1CC[C@@H](O)C[C@@H](O)CC(=O)O.[Na]. The Kier molecular flexibility index (Phi) is 12.1. The van der Waals surface area contributed by atoms with E-state index in [-0.39, 0.29) is 66.6 Å². The van der Waals surface area contributed by atoms with Gasteiger partial charge in [-0.05, 0) is 66.3 Å². The first-order valence-corrected chi connectivity index (χ1v) is 13.7. The molecule has 0 aliphatic heterocycles. The van der Waals surface area contributed by atoms with Crippen molar-refractivity contribution in [2.45, 2.75) is 57.8 Å². The molecule has 0 bridgehead atoms. The van der Waals surface area contributed by atoms with Gasteiger partial charge in [0.25, 0.3) is 5.91 Å². The van der Waals surface area contributed by atoms with Gasteiger partial charge >= 0.3 is 5.97 Å². The van der Waals surface area contributed by atoms with Gasteiger partial charge in [0, 0.05) is 53.0 Å². The van der Waals surface area contributed by atoms with E-state index in [1.807, 2.05) is 79.1 Å². The monoisotopic (exact) mass is 581 g/mol. The number of aliphatic carboxylic acids is 1. The molecule has 0 aliphatic rings. The van der Waals surface area contributed by atoms with Crippen LogP contribution in [0, 0.1) is 5.82 Å². The van der Waals surface area contributed by atoms with Crippen LogP contribution in [0.3, 0.4) is 0 Å². The molecule has 0 spiro atoms. The minimum Gasteiger partial charge on any atom is -0.481 e. The van der Waals surface area contributed by atoms with Gasteiger partial charge < -0.3 is 25.2 Å². The summed E-state index contributed by atoms with van der Waals surface area (Å²) in [4.78, 5) is 25.0. The molecular weight excluding hydrogens is 546 g/mol. The topological polar surface area (TPSA) is 112 Å². The first-order valence-electron chi connectivity index (χ1n) is 13.7. The van der Waals surface area contributed by atoms with Crippen molar-refractivity contribution < 1.29 is 29.3 Å². The number of carbonyl (C=O) groups is 2. The second-order valence-electron chi connectivity index (χ2n) is 10.4. The zero-order valence-electron chi connectivity index (χ0n) is 24.1. The number of anilines is 1. The summed E-state index contributed by atoms with van der Waals surface area (Å²) in [6.07, 6.45) is -2.51. The summed E-state index contributed by atoms with van der Waals surface area (Å²) in [5.74, 6) is -1.93. The zero-order valence-corrected chi connectivity index (χ0v) is 26.1. The van der Waals surface area contributed by atoms with Gasteiger partial charge in [-0.25, -0.2) is 4.39 Å². The quantitative estimate of drug-likeness (QED) is 0.155. The first kappa shape index (κ1) is 33.2. The van der Waals surface area contributed by atoms with E-state index in [4.69, 9.17) is 5.11 Å². The van der Waals surface area contributed by atoms with E-state index in [2.05, 4.69) is 5.32 Å². The minimum absolute atomic E-state index is 0. The third-order valence-corrected chi connectivity index (χ3v) is 6.93.